The molecule has 3 rings (SSSR count). The van der Waals surface area contributed by atoms with E-state index in [0.717, 1.165) is 89.9 Å². The van der Waals surface area contributed by atoms with Crippen molar-refractivity contribution in [2.24, 2.45) is 0 Å². The first kappa shape index (κ1) is 90.7. The van der Waals surface area contributed by atoms with Crippen molar-refractivity contribution in [3.05, 3.63) is 60.8 Å². The highest BCUT2D eigenvalue weighted by molar-refractivity contribution is 5.76. The van der Waals surface area contributed by atoms with Gasteiger partial charge in [-0.2, -0.15) is 0 Å². The van der Waals surface area contributed by atoms with Gasteiger partial charge in [0.15, 0.2) is 18.9 Å². The third-order valence-corrected chi connectivity index (χ3v) is 19.9. The van der Waals surface area contributed by atoms with Gasteiger partial charge in [-0.3, -0.25) is 4.79 Å². The van der Waals surface area contributed by atoms with Gasteiger partial charge in [0, 0.05) is 6.42 Å². The summed E-state index contributed by atoms with van der Waals surface area (Å²) < 4.78 is 34.5. The van der Waals surface area contributed by atoms with Gasteiger partial charge < -0.3 is 89.9 Å². The molecule has 3 aliphatic rings. The zero-order valence-electron chi connectivity index (χ0n) is 61.7. The van der Waals surface area contributed by atoms with Crippen LogP contribution in [-0.2, 0) is 33.2 Å². The fourth-order valence-corrected chi connectivity index (χ4v) is 13.5. The zero-order chi connectivity index (χ0) is 71.8. The summed E-state index contributed by atoms with van der Waals surface area (Å²) in [5.41, 5.74) is 0. The van der Waals surface area contributed by atoms with Crippen LogP contribution < -0.4 is 5.32 Å². The number of nitrogens with one attached hydrogen (secondary N) is 1. The van der Waals surface area contributed by atoms with E-state index in [1.807, 2.05) is 0 Å². The van der Waals surface area contributed by atoms with E-state index in [1.165, 1.54) is 186 Å². The molecule has 0 radical (unpaired) electrons. The Hall–Kier alpha value is -2.51. The standard InChI is InChI=1S/C80H145NO18/c1-3-5-7-9-11-13-15-17-19-21-23-25-27-29-30-31-32-34-35-37-39-41-43-45-47-49-51-53-55-57-64(85)63(81-68(86)58-56-54-52-50-48-46-44-42-40-38-36-33-28-26-24-22-20-18-16-14-12-10-8-6-4-2)62-94-78-74(92)71(89)76(66(60-83)96-78)99-80-75(93)72(90)77(67(61-84)97-80)98-79-73(91)70(88)69(87)65(59-82)95-79/h6,8,12,14,18,20,24,26,33,36,63-67,69-80,82-85,87-93H,3-5,7,9-11,13,15-17,19,21-23,25,27-32,34-35,37-62H2,1-2H3,(H,81,86)/b8-6-,14-12-,20-18-,26-24-,36-33-. The molecule has 3 aliphatic heterocycles. The summed E-state index contributed by atoms with van der Waals surface area (Å²) in [7, 11) is 0. The van der Waals surface area contributed by atoms with Gasteiger partial charge in [-0.15, -0.1) is 0 Å². The highest BCUT2D eigenvalue weighted by atomic mass is 16.8. The van der Waals surface area contributed by atoms with E-state index >= 15 is 0 Å². The maximum absolute atomic E-state index is 13.5. The fraction of sp³-hybridized carbons (Fsp3) is 0.863. The lowest BCUT2D eigenvalue weighted by molar-refractivity contribution is -0.379. The first-order chi connectivity index (χ1) is 48.3. The fourth-order valence-electron chi connectivity index (χ4n) is 13.5. The van der Waals surface area contributed by atoms with Gasteiger partial charge in [-0.05, 0) is 57.8 Å². The first-order valence-electron chi connectivity index (χ1n) is 40.0. The Morgan fingerprint density at radius 2 is 0.697 bits per heavy atom. The summed E-state index contributed by atoms with van der Waals surface area (Å²) >= 11 is 0. The number of ether oxygens (including phenoxy) is 6. The largest absolute Gasteiger partial charge is 0.394 e. The summed E-state index contributed by atoms with van der Waals surface area (Å²) in [5, 5.41) is 121. The molecule has 0 aromatic carbocycles. The molecule has 0 saturated carbocycles. The monoisotopic (exact) mass is 1410 g/mol. The zero-order valence-corrected chi connectivity index (χ0v) is 61.7. The molecule has 0 aromatic heterocycles. The van der Waals surface area contributed by atoms with Gasteiger partial charge in [0.2, 0.25) is 5.91 Å². The number of rotatable bonds is 63. The van der Waals surface area contributed by atoms with E-state index in [1.54, 1.807) is 0 Å². The Kier molecular flexibility index (Phi) is 55.6. The number of unbranched alkanes of at least 4 members (excludes halogenated alkanes) is 37. The highest BCUT2D eigenvalue weighted by Gasteiger charge is 2.54. The van der Waals surface area contributed by atoms with Crippen molar-refractivity contribution >= 4 is 5.91 Å². The molecule has 19 nitrogen and oxygen atoms in total. The molecule has 578 valence electrons. The lowest BCUT2D eigenvalue weighted by Gasteiger charge is -2.48. The Bertz CT molecular complexity index is 2020. The number of hydrogen-bond donors (Lipinski definition) is 12. The van der Waals surface area contributed by atoms with Gasteiger partial charge >= 0.3 is 0 Å². The lowest BCUT2D eigenvalue weighted by atomic mass is 9.96. The predicted octanol–water partition coefficient (Wildman–Crippen LogP) is 13.1. The summed E-state index contributed by atoms with van der Waals surface area (Å²) in [6.45, 7) is 1.72. The molecule has 3 saturated heterocycles. The molecule has 3 fully saturated rings. The molecule has 0 bridgehead atoms. The molecule has 3 heterocycles. The number of carbonyl (C=O) groups is 1. The van der Waals surface area contributed by atoms with Crippen LogP contribution in [0, 0.1) is 0 Å². The van der Waals surface area contributed by atoms with Crippen molar-refractivity contribution in [1.82, 2.24) is 5.32 Å². The predicted molar refractivity (Wildman–Crippen MR) is 392 cm³/mol. The molecule has 99 heavy (non-hydrogen) atoms. The van der Waals surface area contributed by atoms with Crippen molar-refractivity contribution in [3.63, 3.8) is 0 Å². The number of carbonyl (C=O) groups excluding carboxylic acids is 1. The van der Waals surface area contributed by atoms with Crippen LogP contribution in [0.5, 0.6) is 0 Å². The second-order valence-electron chi connectivity index (χ2n) is 28.5. The Balaban J connectivity index is 1.38. The Morgan fingerprint density at radius 3 is 1.09 bits per heavy atom. The van der Waals surface area contributed by atoms with Crippen LogP contribution in [0.4, 0.5) is 0 Å². The molecule has 0 aromatic rings. The van der Waals surface area contributed by atoms with Crippen molar-refractivity contribution < 1.29 is 89.4 Å². The molecule has 17 unspecified atom stereocenters. The SMILES string of the molecule is CC/C=C\C/C=C\C/C=C\C/C=C\C/C=C\CCCCCCCCCCCC(=O)NC(COC1OC(CO)C(OC2OC(CO)C(OC3OC(CO)C(O)C(O)C3O)C(O)C2O)C(O)C1O)C(O)CCCCCCCCCCCCCCCCCCCCCCCCCCCCCCC. The lowest BCUT2D eigenvalue weighted by Crippen LogP contribution is -2.66. The maximum Gasteiger partial charge on any atom is 0.220 e. The average molecular weight is 1410 g/mol. The molecule has 0 spiro atoms. The summed E-state index contributed by atoms with van der Waals surface area (Å²) in [5.74, 6) is -0.247. The summed E-state index contributed by atoms with van der Waals surface area (Å²) in [6, 6.07) is -0.896. The third kappa shape index (κ3) is 41.1. The quantitative estimate of drug-likeness (QED) is 0.0199. The minimum absolute atomic E-state index is 0.247. The van der Waals surface area contributed by atoms with Gasteiger partial charge in [0.25, 0.3) is 0 Å². The van der Waals surface area contributed by atoms with E-state index in [2.05, 4.69) is 79.9 Å². The topological polar surface area (TPSA) is 307 Å². The van der Waals surface area contributed by atoms with Gasteiger partial charge in [0.1, 0.15) is 73.2 Å². The number of allylic oxidation sites excluding steroid dienone is 10. The van der Waals surface area contributed by atoms with E-state index in [9.17, 15) is 61.0 Å². The minimum atomic E-state index is -1.98. The van der Waals surface area contributed by atoms with E-state index < -0.39 is 124 Å². The summed E-state index contributed by atoms with van der Waals surface area (Å²) in [6.07, 6.45) is 50.2. The van der Waals surface area contributed by atoms with Crippen molar-refractivity contribution in [2.75, 3.05) is 26.4 Å². The van der Waals surface area contributed by atoms with Crippen LogP contribution in [-0.4, -0.2) is 193 Å². The van der Waals surface area contributed by atoms with Gasteiger partial charge in [0.05, 0.1) is 38.6 Å². The van der Waals surface area contributed by atoms with E-state index in [-0.39, 0.29) is 18.9 Å². The Labute approximate surface area is 598 Å². The van der Waals surface area contributed by atoms with E-state index in [0.29, 0.717) is 12.8 Å². The third-order valence-electron chi connectivity index (χ3n) is 19.9. The van der Waals surface area contributed by atoms with Crippen LogP contribution in [0.1, 0.15) is 309 Å². The van der Waals surface area contributed by atoms with Crippen LogP contribution in [0.2, 0.25) is 0 Å². The molecule has 0 aliphatic carbocycles. The molecule has 19 heteroatoms. The van der Waals surface area contributed by atoms with Crippen molar-refractivity contribution in [1.29, 1.82) is 0 Å². The second-order valence-corrected chi connectivity index (χ2v) is 28.5. The van der Waals surface area contributed by atoms with Crippen LogP contribution in [0.25, 0.3) is 0 Å². The molecular formula is C80H145NO18. The highest BCUT2D eigenvalue weighted by Crippen LogP contribution is 2.33. The van der Waals surface area contributed by atoms with Crippen molar-refractivity contribution in [2.45, 2.75) is 413 Å². The normalized spacial score (nSPS) is 26.9. The van der Waals surface area contributed by atoms with E-state index in [4.69, 9.17) is 28.4 Å². The van der Waals surface area contributed by atoms with Crippen LogP contribution in [0.15, 0.2) is 60.8 Å². The molecule has 1 amide bonds. The van der Waals surface area contributed by atoms with Gasteiger partial charge in [-0.1, -0.05) is 306 Å². The molecule has 12 N–H and O–H groups in total. The molecular weight excluding hydrogens is 1260 g/mol. The van der Waals surface area contributed by atoms with Gasteiger partial charge in [-0.25, -0.2) is 0 Å². The summed E-state index contributed by atoms with van der Waals surface area (Å²) in [4.78, 5) is 13.5. The van der Waals surface area contributed by atoms with Crippen LogP contribution >= 0.6 is 0 Å². The smallest absolute Gasteiger partial charge is 0.220 e. The first-order valence-corrected chi connectivity index (χ1v) is 40.0. The average Bonchev–Trinajstić information content (AvgIpc) is 0.755. The number of aliphatic hydroxyl groups excluding tert-OH is 11. The minimum Gasteiger partial charge on any atom is -0.394 e. The number of hydrogen-bond acceptors (Lipinski definition) is 18. The number of aliphatic hydroxyl groups is 11. The number of amides is 1. The van der Waals surface area contributed by atoms with Crippen molar-refractivity contribution in [3.8, 4) is 0 Å². The maximum atomic E-state index is 13.5. The second kappa shape index (κ2) is 60.7. The Morgan fingerprint density at radius 1 is 0.374 bits per heavy atom. The molecule has 17 atom stereocenters. The van der Waals surface area contributed by atoms with Crippen LogP contribution in [0.3, 0.4) is 0 Å².